The first-order valence-electron chi connectivity index (χ1n) is 6.02. The number of rotatable bonds is 4. The van der Waals surface area contributed by atoms with Crippen LogP contribution < -0.4 is 5.32 Å². The number of aromatic nitrogens is 2. The lowest BCUT2D eigenvalue weighted by Gasteiger charge is -2.10. The maximum Gasteiger partial charge on any atom is 0.137 e. The summed E-state index contributed by atoms with van der Waals surface area (Å²) in [4.78, 5) is 5.93. The molecule has 0 fully saturated rings. The number of imidazole rings is 1. The Morgan fingerprint density at radius 2 is 2.28 bits per heavy atom. The average Bonchev–Trinajstić information content (AvgIpc) is 3.04. The Morgan fingerprint density at radius 1 is 1.33 bits per heavy atom. The molecule has 0 saturated carbocycles. The van der Waals surface area contributed by atoms with Crippen LogP contribution in [-0.4, -0.2) is 9.38 Å². The molecule has 1 N–H and O–H groups in total. The van der Waals surface area contributed by atoms with Gasteiger partial charge in [0.1, 0.15) is 5.65 Å². The largest absolute Gasteiger partial charge is 0.307 e. The molecule has 3 nitrogen and oxygen atoms in total. The lowest BCUT2D eigenvalue weighted by Crippen LogP contribution is -2.17. The SMILES string of the molecule is C[C@@H](NCc1cn2ccccc2n1)c1cccs1. The third kappa shape index (κ3) is 2.30. The topological polar surface area (TPSA) is 29.3 Å². The molecule has 0 aliphatic heterocycles. The number of hydrogen-bond acceptors (Lipinski definition) is 3. The molecule has 3 rings (SSSR count). The monoisotopic (exact) mass is 257 g/mol. The molecule has 3 heterocycles. The van der Waals surface area contributed by atoms with Crippen molar-refractivity contribution in [3.63, 3.8) is 0 Å². The second-order valence-electron chi connectivity index (χ2n) is 4.32. The Morgan fingerprint density at radius 3 is 3.06 bits per heavy atom. The third-order valence-electron chi connectivity index (χ3n) is 2.97. The van der Waals surface area contributed by atoms with E-state index in [1.807, 2.05) is 28.8 Å². The van der Waals surface area contributed by atoms with Crippen molar-refractivity contribution in [1.29, 1.82) is 0 Å². The molecule has 18 heavy (non-hydrogen) atoms. The first-order valence-corrected chi connectivity index (χ1v) is 6.90. The second kappa shape index (κ2) is 4.92. The standard InChI is InChI=1S/C14H15N3S/c1-11(13-5-4-8-18-13)15-9-12-10-17-7-3-2-6-14(17)16-12/h2-8,10-11,15H,9H2,1H3/t11-/m1/s1. The van der Waals surface area contributed by atoms with Gasteiger partial charge in [0.05, 0.1) is 5.69 Å². The molecule has 92 valence electrons. The van der Waals surface area contributed by atoms with Gasteiger partial charge in [-0.3, -0.25) is 0 Å². The van der Waals surface area contributed by atoms with Crippen molar-refractivity contribution in [2.75, 3.05) is 0 Å². The zero-order valence-electron chi connectivity index (χ0n) is 10.2. The summed E-state index contributed by atoms with van der Waals surface area (Å²) in [6, 6.07) is 10.7. The normalized spacial score (nSPS) is 12.9. The van der Waals surface area contributed by atoms with Crippen molar-refractivity contribution in [3.05, 3.63) is 58.7 Å². The molecule has 3 aromatic heterocycles. The Balaban J connectivity index is 1.69. The van der Waals surface area contributed by atoms with Gasteiger partial charge < -0.3 is 9.72 Å². The molecule has 0 amide bonds. The van der Waals surface area contributed by atoms with E-state index in [4.69, 9.17) is 0 Å². The van der Waals surface area contributed by atoms with Gasteiger partial charge in [-0.15, -0.1) is 11.3 Å². The van der Waals surface area contributed by atoms with Crippen LogP contribution >= 0.6 is 11.3 Å². The summed E-state index contributed by atoms with van der Waals surface area (Å²) >= 11 is 1.78. The van der Waals surface area contributed by atoms with Crippen LogP contribution in [0.3, 0.4) is 0 Å². The molecule has 0 radical (unpaired) electrons. The van der Waals surface area contributed by atoms with Gasteiger partial charge in [0.2, 0.25) is 0 Å². The molecule has 4 heteroatoms. The summed E-state index contributed by atoms with van der Waals surface area (Å²) in [6.07, 6.45) is 4.10. The Kier molecular flexibility index (Phi) is 3.13. The molecule has 0 saturated heterocycles. The van der Waals surface area contributed by atoms with Crippen molar-refractivity contribution in [2.24, 2.45) is 0 Å². The fourth-order valence-corrected chi connectivity index (χ4v) is 2.73. The van der Waals surface area contributed by atoms with E-state index >= 15 is 0 Å². The van der Waals surface area contributed by atoms with Gasteiger partial charge in [-0.25, -0.2) is 4.98 Å². The maximum atomic E-state index is 4.57. The first-order chi connectivity index (χ1) is 8.83. The minimum Gasteiger partial charge on any atom is -0.307 e. The predicted octanol–water partition coefficient (Wildman–Crippen LogP) is 3.25. The van der Waals surface area contributed by atoms with E-state index in [9.17, 15) is 0 Å². The van der Waals surface area contributed by atoms with E-state index in [1.54, 1.807) is 11.3 Å². The Hall–Kier alpha value is -1.65. The van der Waals surface area contributed by atoms with Crippen LogP contribution in [0.4, 0.5) is 0 Å². The lowest BCUT2D eigenvalue weighted by atomic mass is 10.2. The molecule has 3 aromatic rings. The molecule has 1 atom stereocenters. The van der Waals surface area contributed by atoms with Crippen LogP contribution in [-0.2, 0) is 6.54 Å². The van der Waals surface area contributed by atoms with Gasteiger partial charge in [-0.05, 0) is 30.5 Å². The predicted molar refractivity (Wildman–Crippen MR) is 74.8 cm³/mol. The van der Waals surface area contributed by atoms with Crippen molar-refractivity contribution in [3.8, 4) is 0 Å². The summed E-state index contributed by atoms with van der Waals surface area (Å²) in [6.45, 7) is 2.97. The van der Waals surface area contributed by atoms with Crippen LogP contribution in [0.5, 0.6) is 0 Å². The van der Waals surface area contributed by atoms with Gasteiger partial charge >= 0.3 is 0 Å². The van der Waals surface area contributed by atoms with Crippen molar-refractivity contribution < 1.29 is 0 Å². The molecular weight excluding hydrogens is 242 g/mol. The number of nitrogens with zero attached hydrogens (tertiary/aromatic N) is 2. The quantitative estimate of drug-likeness (QED) is 0.777. The average molecular weight is 257 g/mol. The van der Waals surface area contributed by atoms with Gasteiger partial charge in [-0.2, -0.15) is 0 Å². The highest BCUT2D eigenvalue weighted by Crippen LogP contribution is 2.18. The van der Waals surface area contributed by atoms with Crippen LogP contribution in [0.2, 0.25) is 0 Å². The second-order valence-corrected chi connectivity index (χ2v) is 5.30. The van der Waals surface area contributed by atoms with Crippen LogP contribution in [0.25, 0.3) is 5.65 Å². The van der Waals surface area contributed by atoms with Gasteiger partial charge in [0.15, 0.2) is 0 Å². The smallest absolute Gasteiger partial charge is 0.137 e. The molecule has 0 spiro atoms. The molecular formula is C14H15N3S. The zero-order chi connectivity index (χ0) is 12.4. The van der Waals surface area contributed by atoms with E-state index in [0.717, 1.165) is 17.9 Å². The molecule has 0 aliphatic carbocycles. The molecule has 0 unspecified atom stereocenters. The highest BCUT2D eigenvalue weighted by Gasteiger charge is 2.07. The van der Waals surface area contributed by atoms with E-state index < -0.39 is 0 Å². The fourth-order valence-electron chi connectivity index (χ4n) is 1.97. The summed E-state index contributed by atoms with van der Waals surface area (Å²) < 4.78 is 2.05. The van der Waals surface area contributed by atoms with Crippen molar-refractivity contribution >= 4 is 17.0 Å². The van der Waals surface area contributed by atoms with E-state index in [1.165, 1.54) is 4.88 Å². The third-order valence-corrected chi connectivity index (χ3v) is 4.03. The Bertz CT molecular complexity index is 594. The number of pyridine rings is 1. The minimum absolute atomic E-state index is 0.370. The zero-order valence-corrected chi connectivity index (χ0v) is 11.0. The minimum atomic E-state index is 0.370. The van der Waals surface area contributed by atoms with Crippen LogP contribution in [0.1, 0.15) is 23.5 Å². The fraction of sp³-hybridized carbons (Fsp3) is 0.214. The number of thiophene rings is 1. The summed E-state index contributed by atoms with van der Waals surface area (Å²) in [5.74, 6) is 0. The van der Waals surface area contributed by atoms with E-state index in [-0.39, 0.29) is 0 Å². The maximum absolute atomic E-state index is 4.57. The summed E-state index contributed by atoms with van der Waals surface area (Å²) in [5.41, 5.74) is 2.07. The lowest BCUT2D eigenvalue weighted by molar-refractivity contribution is 0.577. The number of nitrogens with one attached hydrogen (secondary N) is 1. The summed E-state index contributed by atoms with van der Waals surface area (Å²) in [7, 11) is 0. The van der Waals surface area contributed by atoms with E-state index in [2.05, 4.69) is 40.9 Å². The van der Waals surface area contributed by atoms with Gasteiger partial charge in [-0.1, -0.05) is 12.1 Å². The number of hydrogen-bond donors (Lipinski definition) is 1. The summed E-state index contributed by atoms with van der Waals surface area (Å²) in [5, 5.41) is 5.61. The highest BCUT2D eigenvalue weighted by atomic mass is 32.1. The molecule has 0 aliphatic rings. The number of fused-ring (bicyclic) bond motifs is 1. The van der Waals surface area contributed by atoms with Gasteiger partial charge in [0, 0.05) is 29.9 Å². The van der Waals surface area contributed by atoms with Crippen LogP contribution in [0.15, 0.2) is 48.1 Å². The van der Waals surface area contributed by atoms with Gasteiger partial charge in [0.25, 0.3) is 0 Å². The van der Waals surface area contributed by atoms with Crippen LogP contribution in [0, 0.1) is 0 Å². The molecule has 0 aromatic carbocycles. The highest BCUT2D eigenvalue weighted by molar-refractivity contribution is 7.10. The first kappa shape index (κ1) is 11.4. The van der Waals surface area contributed by atoms with Crippen molar-refractivity contribution in [2.45, 2.75) is 19.5 Å². The Labute approximate surface area is 110 Å². The van der Waals surface area contributed by atoms with Crippen molar-refractivity contribution in [1.82, 2.24) is 14.7 Å². The molecule has 0 bridgehead atoms. The van der Waals surface area contributed by atoms with E-state index in [0.29, 0.717) is 6.04 Å².